The number of nitrogens with one attached hydrogen (secondary N) is 1. The van der Waals surface area contributed by atoms with Gasteiger partial charge in [0.25, 0.3) is 0 Å². The third-order valence-corrected chi connectivity index (χ3v) is 3.63. The normalized spacial score (nSPS) is 16.2. The SMILES string of the molecule is O=C(CCNCC(O)c1ccc(F)cc1F)N1CCCC1. The van der Waals surface area contributed by atoms with E-state index in [2.05, 4.69) is 5.32 Å². The number of carbonyl (C=O) groups is 1. The first-order valence-electron chi connectivity index (χ1n) is 7.19. The molecule has 2 N–H and O–H groups in total. The molecule has 0 saturated carbocycles. The molecule has 1 aliphatic heterocycles. The zero-order chi connectivity index (χ0) is 15.2. The van der Waals surface area contributed by atoms with Crippen LogP contribution in [0, 0.1) is 11.6 Å². The van der Waals surface area contributed by atoms with Crippen LogP contribution in [0.1, 0.15) is 30.9 Å². The molecule has 0 aromatic heterocycles. The molecule has 0 aliphatic carbocycles. The number of aliphatic hydroxyl groups excluding tert-OH is 1. The van der Waals surface area contributed by atoms with Gasteiger partial charge in [-0.25, -0.2) is 8.78 Å². The van der Waals surface area contributed by atoms with Gasteiger partial charge in [-0.15, -0.1) is 0 Å². The standard InChI is InChI=1S/C15H20F2N2O2/c16-11-3-4-12(13(17)9-11)14(20)10-18-6-5-15(21)19-7-1-2-8-19/h3-4,9,14,18,20H,1-2,5-8,10H2. The maximum atomic E-state index is 13.5. The van der Waals surface area contributed by atoms with Crippen LogP contribution in [0.5, 0.6) is 0 Å². The lowest BCUT2D eigenvalue weighted by Crippen LogP contribution is -2.32. The van der Waals surface area contributed by atoms with Crippen LogP contribution < -0.4 is 5.32 Å². The first-order chi connectivity index (χ1) is 10.1. The molecular formula is C15H20F2N2O2. The Morgan fingerprint density at radius 1 is 1.33 bits per heavy atom. The van der Waals surface area contributed by atoms with Crippen molar-refractivity contribution in [3.63, 3.8) is 0 Å². The van der Waals surface area contributed by atoms with Gasteiger partial charge in [0.1, 0.15) is 11.6 Å². The molecule has 2 rings (SSSR count). The van der Waals surface area contributed by atoms with Gasteiger partial charge in [-0.2, -0.15) is 0 Å². The van der Waals surface area contributed by atoms with E-state index in [1.165, 1.54) is 6.07 Å². The van der Waals surface area contributed by atoms with Crippen LogP contribution in [-0.2, 0) is 4.79 Å². The quantitative estimate of drug-likeness (QED) is 0.784. The fraction of sp³-hybridized carbons (Fsp3) is 0.533. The lowest BCUT2D eigenvalue weighted by Gasteiger charge is -2.16. The van der Waals surface area contributed by atoms with Crippen LogP contribution in [0.4, 0.5) is 8.78 Å². The number of halogens is 2. The van der Waals surface area contributed by atoms with Gasteiger partial charge in [0.2, 0.25) is 5.91 Å². The molecule has 1 heterocycles. The van der Waals surface area contributed by atoms with E-state index in [4.69, 9.17) is 0 Å². The van der Waals surface area contributed by atoms with Crippen LogP contribution >= 0.6 is 0 Å². The molecule has 1 atom stereocenters. The Morgan fingerprint density at radius 2 is 2.05 bits per heavy atom. The lowest BCUT2D eigenvalue weighted by atomic mass is 10.1. The number of hydrogen-bond donors (Lipinski definition) is 2. The number of aliphatic hydroxyl groups is 1. The van der Waals surface area contributed by atoms with E-state index in [-0.39, 0.29) is 18.0 Å². The predicted octanol–water partition coefficient (Wildman–Crippen LogP) is 1.60. The summed E-state index contributed by atoms with van der Waals surface area (Å²) in [5, 5.41) is 12.8. The van der Waals surface area contributed by atoms with Crippen molar-refractivity contribution in [3.05, 3.63) is 35.4 Å². The van der Waals surface area contributed by atoms with Crippen LogP contribution in [0.2, 0.25) is 0 Å². The molecule has 1 amide bonds. The second kappa shape index (κ2) is 7.47. The smallest absolute Gasteiger partial charge is 0.223 e. The largest absolute Gasteiger partial charge is 0.387 e. The lowest BCUT2D eigenvalue weighted by molar-refractivity contribution is -0.130. The molecule has 0 bridgehead atoms. The van der Waals surface area contributed by atoms with Crippen molar-refractivity contribution >= 4 is 5.91 Å². The number of likely N-dealkylation sites (tertiary alicyclic amines) is 1. The minimum atomic E-state index is -1.06. The van der Waals surface area contributed by atoms with Crippen molar-refractivity contribution in [3.8, 4) is 0 Å². The van der Waals surface area contributed by atoms with Crippen molar-refractivity contribution in [2.24, 2.45) is 0 Å². The second-order valence-electron chi connectivity index (χ2n) is 5.22. The van der Waals surface area contributed by atoms with E-state index < -0.39 is 17.7 Å². The predicted molar refractivity (Wildman–Crippen MR) is 74.6 cm³/mol. The average Bonchev–Trinajstić information content (AvgIpc) is 2.97. The summed E-state index contributed by atoms with van der Waals surface area (Å²) < 4.78 is 26.2. The molecule has 1 saturated heterocycles. The first kappa shape index (κ1) is 15.9. The Balaban J connectivity index is 1.71. The maximum absolute atomic E-state index is 13.5. The first-order valence-corrected chi connectivity index (χ1v) is 7.19. The zero-order valence-electron chi connectivity index (χ0n) is 11.8. The Morgan fingerprint density at radius 3 is 2.71 bits per heavy atom. The number of hydrogen-bond acceptors (Lipinski definition) is 3. The van der Waals surface area contributed by atoms with Gasteiger partial charge in [-0.05, 0) is 18.9 Å². The molecule has 1 fully saturated rings. The highest BCUT2D eigenvalue weighted by atomic mass is 19.1. The molecular weight excluding hydrogens is 278 g/mol. The van der Waals surface area contributed by atoms with E-state index in [0.717, 1.165) is 38.1 Å². The molecule has 1 aliphatic rings. The Bertz CT molecular complexity index is 491. The van der Waals surface area contributed by atoms with Gasteiger partial charge in [-0.1, -0.05) is 6.07 Å². The third kappa shape index (κ3) is 4.47. The molecule has 1 unspecified atom stereocenters. The number of benzene rings is 1. The fourth-order valence-corrected chi connectivity index (χ4v) is 2.44. The summed E-state index contributed by atoms with van der Waals surface area (Å²) in [7, 11) is 0. The Labute approximate surface area is 122 Å². The fourth-order valence-electron chi connectivity index (χ4n) is 2.44. The highest BCUT2D eigenvalue weighted by Gasteiger charge is 2.17. The van der Waals surface area contributed by atoms with Crippen LogP contribution in [-0.4, -0.2) is 42.1 Å². The maximum Gasteiger partial charge on any atom is 0.223 e. The number of amides is 1. The minimum Gasteiger partial charge on any atom is -0.387 e. The van der Waals surface area contributed by atoms with Crippen LogP contribution in [0.15, 0.2) is 18.2 Å². The molecule has 4 nitrogen and oxygen atoms in total. The van der Waals surface area contributed by atoms with Crippen molar-refractivity contribution in [1.82, 2.24) is 10.2 Å². The summed E-state index contributed by atoms with van der Waals surface area (Å²) in [6, 6.07) is 3.08. The topological polar surface area (TPSA) is 52.6 Å². The third-order valence-electron chi connectivity index (χ3n) is 3.63. The minimum absolute atomic E-state index is 0.0507. The van der Waals surface area contributed by atoms with E-state index in [9.17, 15) is 18.7 Å². The molecule has 0 radical (unpaired) electrons. The number of nitrogens with zero attached hydrogens (tertiary/aromatic N) is 1. The number of carbonyl (C=O) groups excluding carboxylic acids is 1. The van der Waals surface area contributed by atoms with E-state index in [0.29, 0.717) is 13.0 Å². The van der Waals surface area contributed by atoms with Gasteiger partial charge in [0.05, 0.1) is 6.10 Å². The van der Waals surface area contributed by atoms with Gasteiger partial charge in [-0.3, -0.25) is 4.79 Å². The van der Waals surface area contributed by atoms with Crippen LogP contribution in [0.3, 0.4) is 0 Å². The Kier molecular flexibility index (Phi) is 5.64. The molecule has 0 spiro atoms. The number of rotatable bonds is 6. The van der Waals surface area contributed by atoms with Gasteiger partial charge < -0.3 is 15.3 Å². The van der Waals surface area contributed by atoms with Crippen molar-refractivity contribution in [1.29, 1.82) is 0 Å². The monoisotopic (exact) mass is 298 g/mol. The van der Waals surface area contributed by atoms with Crippen LogP contribution in [0.25, 0.3) is 0 Å². The summed E-state index contributed by atoms with van der Waals surface area (Å²) in [6.45, 7) is 2.19. The van der Waals surface area contributed by atoms with Crippen molar-refractivity contribution in [2.75, 3.05) is 26.2 Å². The van der Waals surface area contributed by atoms with E-state index in [1.54, 1.807) is 0 Å². The van der Waals surface area contributed by atoms with Crippen molar-refractivity contribution < 1.29 is 18.7 Å². The zero-order valence-corrected chi connectivity index (χ0v) is 11.8. The molecule has 6 heteroatoms. The molecule has 21 heavy (non-hydrogen) atoms. The molecule has 1 aromatic rings. The summed E-state index contributed by atoms with van der Waals surface area (Å²) in [5.41, 5.74) is 0.0507. The highest BCUT2D eigenvalue weighted by Crippen LogP contribution is 2.17. The van der Waals surface area contributed by atoms with E-state index >= 15 is 0 Å². The summed E-state index contributed by atoms with van der Waals surface area (Å²) in [5.74, 6) is -1.34. The molecule has 116 valence electrons. The highest BCUT2D eigenvalue weighted by molar-refractivity contribution is 5.76. The van der Waals surface area contributed by atoms with E-state index in [1.807, 2.05) is 4.90 Å². The summed E-state index contributed by atoms with van der Waals surface area (Å²) in [6.07, 6.45) is 1.41. The van der Waals surface area contributed by atoms with Gasteiger partial charge in [0.15, 0.2) is 0 Å². The summed E-state index contributed by atoms with van der Waals surface area (Å²) in [4.78, 5) is 13.6. The Hall–Kier alpha value is -1.53. The van der Waals surface area contributed by atoms with Gasteiger partial charge >= 0.3 is 0 Å². The van der Waals surface area contributed by atoms with Crippen molar-refractivity contribution in [2.45, 2.75) is 25.4 Å². The van der Waals surface area contributed by atoms with Gasteiger partial charge in [0, 0.05) is 44.2 Å². The second-order valence-corrected chi connectivity index (χ2v) is 5.22. The average molecular weight is 298 g/mol. The molecule has 1 aromatic carbocycles. The summed E-state index contributed by atoms with van der Waals surface area (Å²) >= 11 is 0.